The van der Waals surface area contributed by atoms with Gasteiger partial charge in [0.15, 0.2) is 6.10 Å². The molecule has 0 aromatic heterocycles. The smallest absolute Gasteiger partial charge is 0.260 e. The van der Waals surface area contributed by atoms with Gasteiger partial charge in [-0.15, -0.1) is 0 Å². The molecule has 1 aromatic carbocycles. The van der Waals surface area contributed by atoms with E-state index in [2.05, 4.69) is 5.32 Å². The fraction of sp³-hybridized carbons (Fsp3) is 0.533. The van der Waals surface area contributed by atoms with E-state index in [4.69, 9.17) is 26.8 Å². The van der Waals surface area contributed by atoms with Crippen LogP contribution in [0.4, 0.5) is 0 Å². The number of carbonyl (C=O) groups is 1. The summed E-state index contributed by atoms with van der Waals surface area (Å²) in [7, 11) is 1.63. The number of benzene rings is 1. The number of nitrogens with one attached hydrogen (secondary N) is 1. The summed E-state index contributed by atoms with van der Waals surface area (Å²) in [5.74, 6) is 0.408. The molecule has 0 fully saturated rings. The Bertz CT molecular complexity index is 466. The zero-order valence-electron chi connectivity index (χ0n) is 12.7. The van der Waals surface area contributed by atoms with Crippen LogP contribution in [0.5, 0.6) is 5.75 Å². The first-order chi connectivity index (χ1) is 9.95. The van der Waals surface area contributed by atoms with Gasteiger partial charge in [0.05, 0.1) is 0 Å². The molecule has 0 aliphatic carbocycles. The standard InChI is InChI=1S/C15H23ClN2O3/c1-10(17)13-9-12(16)5-6-14(13)21-11(2)15(19)18-7-4-8-20-3/h5-6,9-11H,4,7-8,17H2,1-3H3,(H,18,19)/t10-,11?/m0/s1. The number of carbonyl (C=O) groups excluding carboxylic acids is 1. The molecule has 0 aliphatic rings. The molecule has 0 heterocycles. The van der Waals surface area contributed by atoms with E-state index in [1.165, 1.54) is 0 Å². The molecular weight excluding hydrogens is 292 g/mol. The first-order valence-electron chi connectivity index (χ1n) is 6.94. The number of ether oxygens (including phenoxy) is 2. The van der Waals surface area contributed by atoms with Crippen LogP contribution in [0.1, 0.15) is 31.9 Å². The third-order valence-electron chi connectivity index (χ3n) is 2.96. The second kappa shape index (κ2) is 8.87. The molecule has 5 nitrogen and oxygen atoms in total. The van der Waals surface area contributed by atoms with E-state index < -0.39 is 6.10 Å². The Hall–Kier alpha value is -1.30. The molecule has 0 saturated heterocycles. The van der Waals surface area contributed by atoms with Gasteiger partial charge in [-0.2, -0.15) is 0 Å². The van der Waals surface area contributed by atoms with E-state index in [9.17, 15) is 4.79 Å². The van der Waals surface area contributed by atoms with Gasteiger partial charge in [0, 0.05) is 36.9 Å². The maximum absolute atomic E-state index is 11.9. The van der Waals surface area contributed by atoms with Crippen molar-refractivity contribution in [3.05, 3.63) is 28.8 Å². The van der Waals surface area contributed by atoms with E-state index in [1.807, 2.05) is 6.92 Å². The first-order valence-corrected chi connectivity index (χ1v) is 7.31. The van der Waals surface area contributed by atoms with Crippen molar-refractivity contribution in [3.8, 4) is 5.75 Å². The molecule has 2 atom stereocenters. The van der Waals surface area contributed by atoms with E-state index in [-0.39, 0.29) is 11.9 Å². The molecule has 1 amide bonds. The predicted octanol–water partition coefficient (Wildman–Crippen LogP) is 2.28. The summed E-state index contributed by atoms with van der Waals surface area (Å²) < 4.78 is 10.6. The van der Waals surface area contributed by atoms with Gasteiger partial charge in [-0.3, -0.25) is 4.79 Å². The van der Waals surface area contributed by atoms with Gasteiger partial charge in [0.2, 0.25) is 0 Å². The lowest BCUT2D eigenvalue weighted by Gasteiger charge is -2.19. The van der Waals surface area contributed by atoms with Gasteiger partial charge in [-0.1, -0.05) is 11.6 Å². The SMILES string of the molecule is COCCCNC(=O)C(C)Oc1ccc(Cl)cc1[C@H](C)N. The molecule has 3 N–H and O–H groups in total. The van der Waals surface area contributed by atoms with Crippen LogP contribution in [0, 0.1) is 0 Å². The molecular formula is C15H23ClN2O3. The summed E-state index contributed by atoms with van der Waals surface area (Å²) in [6, 6.07) is 4.97. The van der Waals surface area contributed by atoms with Crippen molar-refractivity contribution >= 4 is 17.5 Å². The fourth-order valence-corrected chi connectivity index (χ4v) is 1.98. The normalized spacial score (nSPS) is 13.6. The summed E-state index contributed by atoms with van der Waals surface area (Å²) >= 11 is 5.96. The van der Waals surface area contributed by atoms with E-state index in [1.54, 1.807) is 32.2 Å². The number of methoxy groups -OCH3 is 1. The lowest BCUT2D eigenvalue weighted by atomic mass is 10.1. The van der Waals surface area contributed by atoms with Crippen LogP contribution >= 0.6 is 11.6 Å². The van der Waals surface area contributed by atoms with Crippen LogP contribution < -0.4 is 15.8 Å². The van der Waals surface area contributed by atoms with Crippen LogP contribution in [-0.2, 0) is 9.53 Å². The van der Waals surface area contributed by atoms with Gasteiger partial charge in [0.1, 0.15) is 5.75 Å². The number of hydrogen-bond donors (Lipinski definition) is 2. The number of hydrogen-bond acceptors (Lipinski definition) is 4. The number of halogens is 1. The van der Waals surface area contributed by atoms with Crippen LogP contribution in [0.2, 0.25) is 5.02 Å². The van der Waals surface area contributed by atoms with Gasteiger partial charge >= 0.3 is 0 Å². The minimum atomic E-state index is -0.605. The molecule has 6 heteroatoms. The molecule has 0 saturated carbocycles. The van der Waals surface area contributed by atoms with Crippen molar-refractivity contribution < 1.29 is 14.3 Å². The second-order valence-electron chi connectivity index (χ2n) is 4.87. The summed E-state index contributed by atoms with van der Waals surface area (Å²) in [6.07, 6.45) is 0.160. The van der Waals surface area contributed by atoms with Gasteiger partial charge in [0.25, 0.3) is 5.91 Å². The van der Waals surface area contributed by atoms with Gasteiger partial charge < -0.3 is 20.5 Å². The molecule has 1 unspecified atom stereocenters. The molecule has 1 rings (SSSR count). The van der Waals surface area contributed by atoms with Crippen LogP contribution in [0.15, 0.2) is 18.2 Å². The quantitative estimate of drug-likeness (QED) is 0.722. The highest BCUT2D eigenvalue weighted by atomic mass is 35.5. The number of amides is 1. The molecule has 118 valence electrons. The fourth-order valence-electron chi connectivity index (χ4n) is 1.80. The van der Waals surface area contributed by atoms with Crippen molar-refractivity contribution in [2.75, 3.05) is 20.3 Å². The average Bonchev–Trinajstić information content (AvgIpc) is 2.44. The minimum Gasteiger partial charge on any atom is -0.481 e. The highest BCUT2D eigenvalue weighted by Gasteiger charge is 2.17. The van der Waals surface area contributed by atoms with E-state index >= 15 is 0 Å². The third kappa shape index (κ3) is 5.91. The average molecular weight is 315 g/mol. The zero-order chi connectivity index (χ0) is 15.8. The molecule has 0 aliphatic heterocycles. The Morgan fingerprint density at radius 3 is 2.76 bits per heavy atom. The summed E-state index contributed by atoms with van der Waals surface area (Å²) in [5.41, 5.74) is 6.67. The Labute approximate surface area is 130 Å². The van der Waals surface area contributed by atoms with Crippen LogP contribution in [0.3, 0.4) is 0 Å². The predicted molar refractivity (Wildman–Crippen MR) is 83.6 cm³/mol. The van der Waals surface area contributed by atoms with Gasteiger partial charge in [-0.05, 0) is 38.5 Å². The zero-order valence-corrected chi connectivity index (χ0v) is 13.4. The van der Waals surface area contributed by atoms with Crippen LogP contribution in [0.25, 0.3) is 0 Å². The van der Waals surface area contributed by atoms with Crippen molar-refractivity contribution in [2.24, 2.45) is 5.73 Å². The molecule has 21 heavy (non-hydrogen) atoms. The monoisotopic (exact) mass is 314 g/mol. The largest absolute Gasteiger partial charge is 0.481 e. The van der Waals surface area contributed by atoms with Crippen molar-refractivity contribution in [2.45, 2.75) is 32.4 Å². The molecule has 1 aromatic rings. The molecule has 0 spiro atoms. The van der Waals surface area contributed by atoms with E-state index in [0.29, 0.717) is 23.9 Å². The van der Waals surface area contributed by atoms with Crippen molar-refractivity contribution in [1.29, 1.82) is 0 Å². The number of rotatable bonds is 8. The van der Waals surface area contributed by atoms with Gasteiger partial charge in [-0.25, -0.2) is 0 Å². The van der Waals surface area contributed by atoms with Crippen molar-refractivity contribution in [3.63, 3.8) is 0 Å². The Morgan fingerprint density at radius 1 is 1.43 bits per heavy atom. The highest BCUT2D eigenvalue weighted by molar-refractivity contribution is 6.30. The number of nitrogens with two attached hydrogens (primary N) is 1. The summed E-state index contributed by atoms with van der Waals surface area (Å²) in [4.78, 5) is 11.9. The lowest BCUT2D eigenvalue weighted by Crippen LogP contribution is -2.37. The third-order valence-corrected chi connectivity index (χ3v) is 3.19. The maximum atomic E-state index is 11.9. The minimum absolute atomic E-state index is 0.170. The second-order valence-corrected chi connectivity index (χ2v) is 5.30. The summed E-state index contributed by atoms with van der Waals surface area (Å²) in [5, 5.41) is 3.39. The Morgan fingerprint density at radius 2 is 2.14 bits per heavy atom. The first kappa shape index (κ1) is 17.8. The maximum Gasteiger partial charge on any atom is 0.260 e. The summed E-state index contributed by atoms with van der Waals surface area (Å²) in [6.45, 7) is 4.71. The lowest BCUT2D eigenvalue weighted by molar-refractivity contribution is -0.127. The molecule has 0 bridgehead atoms. The van der Waals surface area contributed by atoms with Crippen LogP contribution in [-0.4, -0.2) is 32.3 Å². The highest BCUT2D eigenvalue weighted by Crippen LogP contribution is 2.28. The molecule has 0 radical (unpaired) electrons. The topological polar surface area (TPSA) is 73.6 Å². The Balaban J connectivity index is 2.61. The Kier molecular flexibility index (Phi) is 7.50. The van der Waals surface area contributed by atoms with E-state index in [0.717, 1.165) is 12.0 Å². The van der Waals surface area contributed by atoms with Crippen molar-refractivity contribution in [1.82, 2.24) is 5.32 Å².